The predicted octanol–water partition coefficient (Wildman–Crippen LogP) is 1.72. The van der Waals surface area contributed by atoms with Gasteiger partial charge in [-0.25, -0.2) is 12.7 Å². The maximum Gasteiger partial charge on any atom is 0.217 e. The van der Waals surface area contributed by atoms with E-state index in [4.69, 9.17) is 0 Å². The van der Waals surface area contributed by atoms with Gasteiger partial charge in [-0.05, 0) is 32.6 Å². The summed E-state index contributed by atoms with van der Waals surface area (Å²) in [5, 5.41) is 3.00. The zero-order valence-electron chi connectivity index (χ0n) is 11.6. The molecular formula is C13H26N2O2S. The van der Waals surface area contributed by atoms with Gasteiger partial charge in [-0.1, -0.05) is 19.3 Å². The molecule has 0 aromatic heterocycles. The van der Waals surface area contributed by atoms with E-state index in [1.165, 1.54) is 32.1 Å². The van der Waals surface area contributed by atoms with Gasteiger partial charge < -0.3 is 5.32 Å². The second-order valence-electron chi connectivity index (χ2n) is 5.85. The number of nitrogens with zero attached hydrogens (tertiary/aromatic N) is 1. The average molecular weight is 274 g/mol. The highest BCUT2D eigenvalue weighted by Gasteiger charge is 2.32. The maximum atomic E-state index is 12.4. The fraction of sp³-hybridized carbons (Fsp3) is 1.00. The Hall–Kier alpha value is -0.130. The number of hydrogen-bond acceptors (Lipinski definition) is 3. The summed E-state index contributed by atoms with van der Waals surface area (Å²) < 4.78 is 26.5. The van der Waals surface area contributed by atoms with E-state index < -0.39 is 10.0 Å². The van der Waals surface area contributed by atoms with Crippen LogP contribution in [0.4, 0.5) is 0 Å². The van der Waals surface area contributed by atoms with Crippen LogP contribution in [-0.4, -0.2) is 43.6 Å². The van der Waals surface area contributed by atoms with Crippen molar-refractivity contribution in [3.8, 4) is 0 Å². The average Bonchev–Trinajstić information content (AvgIpc) is 3.20. The Labute approximate surface area is 111 Å². The van der Waals surface area contributed by atoms with E-state index in [1.807, 2.05) is 6.92 Å². The second-order valence-corrected chi connectivity index (χ2v) is 8.26. The van der Waals surface area contributed by atoms with Crippen molar-refractivity contribution in [2.24, 2.45) is 0 Å². The van der Waals surface area contributed by atoms with E-state index in [9.17, 15) is 8.42 Å². The quantitative estimate of drug-likeness (QED) is 0.802. The molecule has 0 spiro atoms. The van der Waals surface area contributed by atoms with Crippen LogP contribution in [0.5, 0.6) is 0 Å². The molecule has 2 fully saturated rings. The molecule has 2 saturated carbocycles. The third kappa shape index (κ3) is 3.45. The van der Waals surface area contributed by atoms with Crippen LogP contribution in [0.25, 0.3) is 0 Å². The highest BCUT2D eigenvalue weighted by atomic mass is 32.2. The summed E-state index contributed by atoms with van der Waals surface area (Å²) >= 11 is 0. The minimum absolute atomic E-state index is 0.229. The van der Waals surface area contributed by atoms with Gasteiger partial charge in [0.1, 0.15) is 0 Å². The molecule has 0 amide bonds. The van der Waals surface area contributed by atoms with Crippen molar-refractivity contribution in [1.29, 1.82) is 0 Å². The van der Waals surface area contributed by atoms with Gasteiger partial charge in [-0.3, -0.25) is 0 Å². The van der Waals surface area contributed by atoms with Crippen molar-refractivity contribution < 1.29 is 8.42 Å². The lowest BCUT2D eigenvalue weighted by Crippen LogP contribution is -2.45. The van der Waals surface area contributed by atoms with Gasteiger partial charge in [0.15, 0.2) is 0 Å². The van der Waals surface area contributed by atoms with Gasteiger partial charge in [-0.15, -0.1) is 0 Å². The monoisotopic (exact) mass is 274 g/mol. The zero-order chi connectivity index (χ0) is 13.2. The Morgan fingerprint density at radius 2 is 1.78 bits per heavy atom. The predicted molar refractivity (Wildman–Crippen MR) is 74.0 cm³/mol. The molecule has 1 atom stereocenters. The fourth-order valence-corrected chi connectivity index (χ4v) is 4.16. The summed E-state index contributed by atoms with van der Waals surface area (Å²) in [6.45, 7) is 2.41. The molecule has 0 aromatic carbocycles. The molecular weight excluding hydrogens is 248 g/mol. The third-order valence-electron chi connectivity index (χ3n) is 4.27. The van der Waals surface area contributed by atoms with Crippen LogP contribution in [0, 0.1) is 0 Å². The molecule has 0 aliphatic heterocycles. The molecule has 18 heavy (non-hydrogen) atoms. The normalized spacial score (nSPS) is 24.4. The van der Waals surface area contributed by atoms with Crippen molar-refractivity contribution in [3.63, 3.8) is 0 Å². The van der Waals surface area contributed by atoms with Crippen LogP contribution in [0.3, 0.4) is 0 Å². The summed E-state index contributed by atoms with van der Waals surface area (Å²) in [4.78, 5) is 0. The number of rotatable bonds is 6. The van der Waals surface area contributed by atoms with Crippen LogP contribution in [-0.2, 0) is 10.0 Å². The Kier molecular flexibility index (Phi) is 4.67. The lowest BCUT2D eigenvalue weighted by molar-refractivity contribution is 0.283. The largest absolute Gasteiger partial charge is 0.313 e. The molecule has 2 rings (SSSR count). The van der Waals surface area contributed by atoms with Crippen molar-refractivity contribution in [3.05, 3.63) is 0 Å². The molecule has 106 valence electrons. The molecule has 4 nitrogen and oxygen atoms in total. The van der Waals surface area contributed by atoms with E-state index in [0.29, 0.717) is 12.6 Å². The summed E-state index contributed by atoms with van der Waals surface area (Å²) in [7, 11) is -1.37. The molecule has 0 saturated heterocycles. The van der Waals surface area contributed by atoms with Crippen LogP contribution in [0.15, 0.2) is 0 Å². The Bertz CT molecular complexity index is 359. The maximum absolute atomic E-state index is 12.4. The van der Waals surface area contributed by atoms with Crippen molar-refractivity contribution >= 4 is 10.0 Å². The van der Waals surface area contributed by atoms with E-state index in [2.05, 4.69) is 5.32 Å². The summed E-state index contributed by atoms with van der Waals surface area (Å²) in [5.41, 5.74) is 0. The van der Waals surface area contributed by atoms with Gasteiger partial charge in [-0.2, -0.15) is 0 Å². The van der Waals surface area contributed by atoms with Gasteiger partial charge in [0.2, 0.25) is 10.0 Å². The van der Waals surface area contributed by atoms with Crippen molar-refractivity contribution in [1.82, 2.24) is 9.62 Å². The fourth-order valence-electron chi connectivity index (χ4n) is 2.66. The first-order valence-electron chi connectivity index (χ1n) is 7.22. The van der Waals surface area contributed by atoms with E-state index in [1.54, 1.807) is 11.4 Å². The standard InChI is InChI=1S/C13H26N2O2S/c1-11(10-14-12-8-9-12)18(16,17)15(2)13-6-4-3-5-7-13/h11-14H,3-10H2,1-2H3. The van der Waals surface area contributed by atoms with Crippen LogP contribution < -0.4 is 5.32 Å². The van der Waals surface area contributed by atoms with Crippen molar-refractivity contribution in [2.75, 3.05) is 13.6 Å². The smallest absolute Gasteiger partial charge is 0.217 e. The van der Waals surface area contributed by atoms with Gasteiger partial charge >= 0.3 is 0 Å². The molecule has 2 aliphatic rings. The summed E-state index contributed by atoms with van der Waals surface area (Å²) in [6, 6.07) is 0.801. The molecule has 0 heterocycles. The van der Waals surface area contributed by atoms with Gasteiger partial charge in [0, 0.05) is 25.7 Å². The first kappa shape index (κ1) is 14.3. The van der Waals surface area contributed by atoms with Crippen LogP contribution >= 0.6 is 0 Å². The minimum atomic E-state index is -3.14. The Morgan fingerprint density at radius 3 is 2.33 bits per heavy atom. The summed E-state index contributed by atoms with van der Waals surface area (Å²) in [5.74, 6) is 0. The molecule has 0 bridgehead atoms. The Balaban J connectivity index is 1.89. The van der Waals surface area contributed by atoms with E-state index in [-0.39, 0.29) is 11.3 Å². The molecule has 0 aromatic rings. The number of sulfonamides is 1. The molecule has 1 N–H and O–H groups in total. The first-order valence-corrected chi connectivity index (χ1v) is 8.72. The Morgan fingerprint density at radius 1 is 1.17 bits per heavy atom. The number of nitrogens with one attached hydrogen (secondary N) is 1. The summed E-state index contributed by atoms with van der Waals surface area (Å²) in [6.07, 6.45) is 8.04. The lowest BCUT2D eigenvalue weighted by atomic mass is 9.96. The topological polar surface area (TPSA) is 49.4 Å². The second kappa shape index (κ2) is 5.88. The highest BCUT2D eigenvalue weighted by Crippen LogP contribution is 2.25. The van der Waals surface area contributed by atoms with Crippen LogP contribution in [0.2, 0.25) is 0 Å². The van der Waals surface area contributed by atoms with Crippen LogP contribution in [0.1, 0.15) is 51.9 Å². The minimum Gasteiger partial charge on any atom is -0.313 e. The molecule has 0 radical (unpaired) electrons. The highest BCUT2D eigenvalue weighted by molar-refractivity contribution is 7.89. The molecule has 5 heteroatoms. The zero-order valence-corrected chi connectivity index (χ0v) is 12.4. The van der Waals surface area contributed by atoms with Crippen molar-refractivity contribution in [2.45, 2.75) is 69.2 Å². The van der Waals surface area contributed by atoms with E-state index in [0.717, 1.165) is 12.8 Å². The van der Waals surface area contributed by atoms with Gasteiger partial charge in [0.05, 0.1) is 5.25 Å². The first-order chi connectivity index (χ1) is 8.51. The van der Waals surface area contributed by atoms with E-state index >= 15 is 0 Å². The SMILES string of the molecule is CC(CNC1CC1)S(=O)(=O)N(C)C1CCCCC1. The molecule has 1 unspecified atom stereocenters. The van der Waals surface area contributed by atoms with Gasteiger partial charge in [0.25, 0.3) is 0 Å². The molecule has 2 aliphatic carbocycles. The number of hydrogen-bond donors (Lipinski definition) is 1. The third-order valence-corrected chi connectivity index (χ3v) is 6.55. The lowest BCUT2D eigenvalue weighted by Gasteiger charge is -2.32.